The molecule has 1 aliphatic heterocycles. The fraction of sp³-hybridized carbons (Fsp3) is 0.323. The Labute approximate surface area is 251 Å². The number of nitrogens with two attached hydrogens (primary N) is 2. The standard InChI is InChI=1S/C31H36Cl2N6O2/c32-23-13-14-25(27(33)18-23)29(40)37-19-24-15-17-39(30(41)28(38-24)12-7-16-36-31(34)35)20-26(21-8-3-1-4-9-21)22-10-5-2-6-11-22/h1-6,8-11,13-14,18,24,26,28,38H,7,12,15-17,19-20H2,(H,37,40)(H4,34,35,36)/t24-,28-/m0/s1. The topological polar surface area (TPSA) is 126 Å². The van der Waals surface area contributed by atoms with Crippen LogP contribution in [0.3, 0.4) is 0 Å². The smallest absolute Gasteiger partial charge is 0.252 e. The molecule has 0 unspecified atom stereocenters. The molecule has 2 atom stereocenters. The number of rotatable bonds is 11. The van der Waals surface area contributed by atoms with Crippen molar-refractivity contribution in [3.05, 3.63) is 106 Å². The Morgan fingerprint density at radius 3 is 2.29 bits per heavy atom. The molecule has 1 fully saturated rings. The average Bonchev–Trinajstić information content (AvgIpc) is 3.11. The number of guanidine groups is 1. The predicted molar refractivity (Wildman–Crippen MR) is 165 cm³/mol. The molecule has 0 aliphatic carbocycles. The van der Waals surface area contributed by atoms with Crippen molar-refractivity contribution in [2.24, 2.45) is 16.5 Å². The summed E-state index contributed by atoms with van der Waals surface area (Å²) in [6.07, 6.45) is 1.86. The van der Waals surface area contributed by atoms with Crippen LogP contribution in [-0.4, -0.2) is 60.9 Å². The van der Waals surface area contributed by atoms with Crippen molar-refractivity contribution in [2.75, 3.05) is 26.2 Å². The average molecular weight is 596 g/mol. The maximum atomic E-state index is 13.9. The Hall–Kier alpha value is -3.59. The zero-order chi connectivity index (χ0) is 29.2. The number of carbonyl (C=O) groups excluding carboxylic acids is 2. The van der Waals surface area contributed by atoms with Gasteiger partial charge in [-0.3, -0.25) is 14.6 Å². The fourth-order valence-corrected chi connectivity index (χ4v) is 5.61. The van der Waals surface area contributed by atoms with Crippen molar-refractivity contribution in [1.82, 2.24) is 15.5 Å². The van der Waals surface area contributed by atoms with Gasteiger partial charge in [0.25, 0.3) is 5.91 Å². The highest BCUT2D eigenvalue weighted by Gasteiger charge is 2.32. The van der Waals surface area contributed by atoms with Crippen LogP contribution in [0.2, 0.25) is 10.0 Å². The molecule has 41 heavy (non-hydrogen) atoms. The molecule has 1 aliphatic rings. The summed E-state index contributed by atoms with van der Waals surface area (Å²) in [5, 5.41) is 7.21. The third-order valence-electron chi connectivity index (χ3n) is 7.23. The second-order valence-electron chi connectivity index (χ2n) is 10.1. The number of aliphatic imine (C=N–C) groups is 1. The molecule has 0 radical (unpaired) electrons. The number of nitrogens with one attached hydrogen (secondary N) is 2. The molecule has 10 heteroatoms. The maximum Gasteiger partial charge on any atom is 0.252 e. The van der Waals surface area contributed by atoms with Gasteiger partial charge in [0.05, 0.1) is 16.6 Å². The van der Waals surface area contributed by atoms with Crippen molar-refractivity contribution in [1.29, 1.82) is 0 Å². The third kappa shape index (κ3) is 8.70. The minimum atomic E-state index is -0.445. The minimum absolute atomic E-state index is 0.0203. The van der Waals surface area contributed by atoms with E-state index >= 15 is 0 Å². The second-order valence-corrected chi connectivity index (χ2v) is 11.0. The molecule has 4 rings (SSSR count). The quantitative estimate of drug-likeness (QED) is 0.151. The second kappa shape index (κ2) is 14.9. The highest BCUT2D eigenvalue weighted by Crippen LogP contribution is 2.27. The van der Waals surface area contributed by atoms with Crippen molar-refractivity contribution in [3.8, 4) is 0 Å². The molecular weight excluding hydrogens is 559 g/mol. The van der Waals surface area contributed by atoms with Crippen LogP contribution in [0.4, 0.5) is 0 Å². The molecule has 216 valence electrons. The van der Waals surface area contributed by atoms with E-state index in [4.69, 9.17) is 34.7 Å². The van der Waals surface area contributed by atoms with E-state index < -0.39 is 6.04 Å². The lowest BCUT2D eigenvalue weighted by Gasteiger charge is -2.29. The van der Waals surface area contributed by atoms with Gasteiger partial charge in [0, 0.05) is 43.2 Å². The van der Waals surface area contributed by atoms with Crippen molar-refractivity contribution in [2.45, 2.75) is 37.3 Å². The van der Waals surface area contributed by atoms with E-state index in [0.717, 1.165) is 11.1 Å². The highest BCUT2D eigenvalue weighted by molar-refractivity contribution is 6.36. The van der Waals surface area contributed by atoms with Crippen LogP contribution >= 0.6 is 23.2 Å². The lowest BCUT2D eigenvalue weighted by molar-refractivity contribution is -0.133. The Morgan fingerprint density at radius 2 is 1.68 bits per heavy atom. The van der Waals surface area contributed by atoms with Gasteiger partial charge in [0.1, 0.15) is 0 Å². The van der Waals surface area contributed by atoms with Crippen molar-refractivity contribution >= 4 is 41.0 Å². The van der Waals surface area contributed by atoms with E-state index in [2.05, 4.69) is 39.9 Å². The Balaban J connectivity index is 1.51. The summed E-state index contributed by atoms with van der Waals surface area (Å²) in [6, 6.07) is 24.7. The van der Waals surface area contributed by atoms with Crippen LogP contribution in [0.15, 0.2) is 83.9 Å². The van der Waals surface area contributed by atoms with Crippen molar-refractivity contribution < 1.29 is 9.59 Å². The third-order valence-corrected chi connectivity index (χ3v) is 7.78. The van der Waals surface area contributed by atoms with Gasteiger partial charge in [-0.05, 0) is 48.6 Å². The largest absolute Gasteiger partial charge is 0.370 e. The number of nitrogens with zero attached hydrogens (tertiary/aromatic N) is 2. The molecule has 0 spiro atoms. The van der Waals surface area contributed by atoms with Crippen LogP contribution in [-0.2, 0) is 4.79 Å². The first kappa shape index (κ1) is 30.4. The molecule has 8 nitrogen and oxygen atoms in total. The molecule has 1 saturated heterocycles. The zero-order valence-electron chi connectivity index (χ0n) is 22.8. The number of benzene rings is 3. The summed E-state index contributed by atoms with van der Waals surface area (Å²) in [6.45, 7) is 1.86. The lowest BCUT2D eigenvalue weighted by atomic mass is 9.90. The van der Waals surface area contributed by atoms with E-state index in [-0.39, 0.29) is 34.8 Å². The Kier molecular flexibility index (Phi) is 11.0. The number of amides is 2. The SMILES string of the molecule is NC(N)=NCCC[C@@H]1N[C@H](CNC(=O)c2ccc(Cl)cc2Cl)CCN(CC(c2ccccc2)c2ccccc2)C1=O. The summed E-state index contributed by atoms with van der Waals surface area (Å²) >= 11 is 12.2. The van der Waals surface area contributed by atoms with E-state index in [1.807, 2.05) is 41.3 Å². The predicted octanol–water partition coefficient (Wildman–Crippen LogP) is 4.17. The molecule has 2 amide bonds. The fourth-order valence-electron chi connectivity index (χ4n) is 5.11. The molecule has 0 bridgehead atoms. The summed E-state index contributed by atoms with van der Waals surface area (Å²) in [5.41, 5.74) is 13.6. The number of halogens is 2. The van der Waals surface area contributed by atoms with E-state index in [1.54, 1.807) is 18.2 Å². The molecule has 3 aromatic carbocycles. The monoisotopic (exact) mass is 594 g/mol. The first-order chi connectivity index (χ1) is 19.8. The van der Waals surface area contributed by atoms with E-state index in [1.165, 1.54) is 0 Å². The van der Waals surface area contributed by atoms with Gasteiger partial charge in [-0.15, -0.1) is 0 Å². The molecule has 1 heterocycles. The van der Waals surface area contributed by atoms with Crippen LogP contribution < -0.4 is 22.1 Å². The first-order valence-electron chi connectivity index (χ1n) is 13.7. The first-order valence-corrected chi connectivity index (χ1v) is 14.5. The van der Waals surface area contributed by atoms with Crippen LogP contribution in [0.25, 0.3) is 0 Å². The van der Waals surface area contributed by atoms with Gasteiger partial charge in [0.15, 0.2) is 5.96 Å². The Bertz CT molecular complexity index is 1300. The lowest BCUT2D eigenvalue weighted by Crippen LogP contribution is -2.49. The van der Waals surface area contributed by atoms with Gasteiger partial charge in [-0.1, -0.05) is 83.9 Å². The molecule has 3 aromatic rings. The summed E-state index contributed by atoms with van der Waals surface area (Å²) in [5.74, 6) is -0.215. The van der Waals surface area contributed by atoms with Crippen molar-refractivity contribution in [3.63, 3.8) is 0 Å². The summed E-state index contributed by atoms with van der Waals surface area (Å²) < 4.78 is 0. The maximum absolute atomic E-state index is 13.9. The highest BCUT2D eigenvalue weighted by atomic mass is 35.5. The van der Waals surface area contributed by atoms with Gasteiger partial charge >= 0.3 is 0 Å². The van der Waals surface area contributed by atoms with Crippen LogP contribution in [0, 0.1) is 0 Å². The molecule has 6 N–H and O–H groups in total. The summed E-state index contributed by atoms with van der Waals surface area (Å²) in [4.78, 5) is 32.8. The number of hydrogen-bond donors (Lipinski definition) is 4. The normalized spacial score (nSPS) is 17.2. The van der Waals surface area contributed by atoms with Gasteiger partial charge in [-0.25, -0.2) is 0 Å². The molecular formula is C31H36Cl2N6O2. The Morgan fingerprint density at radius 1 is 1.02 bits per heavy atom. The van der Waals surface area contributed by atoms with Gasteiger partial charge < -0.3 is 27.0 Å². The minimum Gasteiger partial charge on any atom is -0.370 e. The van der Waals surface area contributed by atoms with Crippen LogP contribution in [0.5, 0.6) is 0 Å². The molecule has 0 saturated carbocycles. The zero-order valence-corrected chi connectivity index (χ0v) is 24.3. The number of carbonyl (C=O) groups is 2. The van der Waals surface area contributed by atoms with Crippen LogP contribution in [0.1, 0.15) is 46.7 Å². The van der Waals surface area contributed by atoms with Gasteiger partial charge in [-0.2, -0.15) is 0 Å². The van der Waals surface area contributed by atoms with Gasteiger partial charge in [0.2, 0.25) is 5.91 Å². The summed E-state index contributed by atoms with van der Waals surface area (Å²) in [7, 11) is 0. The number of hydrogen-bond acceptors (Lipinski definition) is 4. The van der Waals surface area contributed by atoms with E-state index in [0.29, 0.717) is 56.0 Å². The molecule has 0 aromatic heterocycles. The van der Waals surface area contributed by atoms with E-state index in [9.17, 15) is 9.59 Å².